The van der Waals surface area contributed by atoms with Crippen LogP contribution in [0.3, 0.4) is 0 Å². The molecule has 3 aromatic heterocycles. The highest BCUT2D eigenvalue weighted by atomic mass is 32.2. The number of aromatic nitrogens is 5. The molecule has 0 unspecified atom stereocenters. The van der Waals surface area contributed by atoms with Gasteiger partial charge in [0.25, 0.3) is 5.56 Å². The third kappa shape index (κ3) is 3.95. The van der Waals surface area contributed by atoms with Gasteiger partial charge in [0.15, 0.2) is 5.16 Å². The molecule has 4 rings (SSSR count). The van der Waals surface area contributed by atoms with Gasteiger partial charge in [-0.25, -0.2) is 4.98 Å². The van der Waals surface area contributed by atoms with Crippen LogP contribution in [-0.4, -0.2) is 25.1 Å². The van der Waals surface area contributed by atoms with E-state index in [9.17, 15) is 4.79 Å². The maximum absolute atomic E-state index is 11.9. The van der Waals surface area contributed by atoms with Gasteiger partial charge in [-0.1, -0.05) is 47.3 Å². The molecule has 0 saturated carbocycles. The second kappa shape index (κ2) is 7.55. The third-order valence-electron chi connectivity index (χ3n) is 3.83. The number of H-pyrrole nitrogens is 1. The quantitative estimate of drug-likeness (QED) is 0.420. The molecular formula is C19H15N5O2S. The van der Waals surface area contributed by atoms with E-state index in [0.717, 1.165) is 11.1 Å². The molecule has 27 heavy (non-hydrogen) atoms. The van der Waals surface area contributed by atoms with E-state index >= 15 is 0 Å². The number of thioether (sulfide) groups is 1. The second-order valence-corrected chi connectivity index (χ2v) is 6.73. The number of aryl methyl sites for hydroxylation is 1. The smallest absolute Gasteiger partial charge is 0.252 e. The van der Waals surface area contributed by atoms with Gasteiger partial charge in [-0.05, 0) is 24.6 Å². The first kappa shape index (κ1) is 17.2. The summed E-state index contributed by atoms with van der Waals surface area (Å²) >= 11 is 1.32. The van der Waals surface area contributed by atoms with Crippen LogP contribution in [-0.2, 0) is 5.75 Å². The number of nitrogens with one attached hydrogen (secondary N) is 1. The highest BCUT2D eigenvalue weighted by Gasteiger charge is 2.12. The van der Waals surface area contributed by atoms with Crippen LogP contribution in [0.15, 0.2) is 69.2 Å². The van der Waals surface area contributed by atoms with Crippen molar-refractivity contribution in [3.8, 4) is 22.8 Å². The summed E-state index contributed by atoms with van der Waals surface area (Å²) in [6.45, 7) is 2.00. The van der Waals surface area contributed by atoms with Crippen molar-refractivity contribution in [2.45, 2.75) is 17.8 Å². The Morgan fingerprint density at radius 2 is 1.93 bits per heavy atom. The van der Waals surface area contributed by atoms with Crippen LogP contribution in [0.2, 0.25) is 0 Å². The average molecular weight is 377 g/mol. The Bertz CT molecular complexity index is 1120. The van der Waals surface area contributed by atoms with Crippen molar-refractivity contribution in [1.82, 2.24) is 25.1 Å². The summed E-state index contributed by atoms with van der Waals surface area (Å²) in [6.07, 6.45) is 1.66. The average Bonchev–Trinajstić information content (AvgIpc) is 3.16. The number of rotatable bonds is 5. The first-order valence-electron chi connectivity index (χ1n) is 8.23. The van der Waals surface area contributed by atoms with Gasteiger partial charge < -0.3 is 9.51 Å². The lowest BCUT2D eigenvalue weighted by molar-refractivity contribution is 0.391. The van der Waals surface area contributed by atoms with Gasteiger partial charge in [0.05, 0.1) is 17.1 Å². The minimum absolute atomic E-state index is 0.237. The minimum Gasteiger partial charge on any atom is -0.338 e. The maximum atomic E-state index is 11.9. The van der Waals surface area contributed by atoms with Crippen LogP contribution >= 0.6 is 11.8 Å². The molecule has 0 spiro atoms. The van der Waals surface area contributed by atoms with Crippen molar-refractivity contribution in [1.29, 1.82) is 0 Å². The predicted octanol–water partition coefficient (Wildman–Crippen LogP) is 3.48. The molecule has 0 aliphatic rings. The van der Waals surface area contributed by atoms with Gasteiger partial charge in [-0.2, -0.15) is 4.98 Å². The highest BCUT2D eigenvalue weighted by molar-refractivity contribution is 7.98. The van der Waals surface area contributed by atoms with Gasteiger partial charge in [-0.15, -0.1) is 0 Å². The molecule has 3 heterocycles. The molecule has 0 atom stereocenters. The van der Waals surface area contributed by atoms with Crippen molar-refractivity contribution < 1.29 is 4.52 Å². The van der Waals surface area contributed by atoms with Crippen LogP contribution in [0.4, 0.5) is 0 Å². The summed E-state index contributed by atoms with van der Waals surface area (Å²) in [6, 6.07) is 14.7. The highest BCUT2D eigenvalue weighted by Crippen LogP contribution is 2.23. The summed E-state index contributed by atoms with van der Waals surface area (Å²) in [7, 11) is 0. The normalized spacial score (nSPS) is 10.9. The van der Waals surface area contributed by atoms with Crippen LogP contribution in [0, 0.1) is 6.92 Å². The van der Waals surface area contributed by atoms with E-state index < -0.39 is 0 Å². The predicted molar refractivity (Wildman–Crippen MR) is 102 cm³/mol. The Hall–Kier alpha value is -3.26. The summed E-state index contributed by atoms with van der Waals surface area (Å²) in [4.78, 5) is 27.8. The van der Waals surface area contributed by atoms with Gasteiger partial charge in [0.1, 0.15) is 0 Å². The minimum atomic E-state index is -0.237. The fourth-order valence-electron chi connectivity index (χ4n) is 2.53. The molecule has 134 valence electrons. The number of nitrogens with zero attached hydrogens (tertiary/aromatic N) is 4. The number of aromatic amines is 1. The zero-order valence-corrected chi connectivity index (χ0v) is 15.2. The van der Waals surface area contributed by atoms with Crippen molar-refractivity contribution >= 4 is 11.8 Å². The molecule has 4 aromatic rings. The lowest BCUT2D eigenvalue weighted by Crippen LogP contribution is -2.08. The first-order chi connectivity index (χ1) is 13.2. The number of hydrogen-bond acceptors (Lipinski definition) is 7. The monoisotopic (exact) mass is 377 g/mol. The van der Waals surface area contributed by atoms with Gasteiger partial charge in [-0.3, -0.25) is 9.78 Å². The number of hydrogen-bond donors (Lipinski definition) is 1. The molecular weight excluding hydrogens is 362 g/mol. The van der Waals surface area contributed by atoms with E-state index in [1.165, 1.54) is 17.8 Å². The molecule has 0 bridgehead atoms. The van der Waals surface area contributed by atoms with E-state index in [0.29, 0.717) is 34.0 Å². The summed E-state index contributed by atoms with van der Waals surface area (Å²) in [5.74, 6) is 1.41. The van der Waals surface area contributed by atoms with Crippen LogP contribution in [0.5, 0.6) is 0 Å². The molecule has 8 heteroatoms. The van der Waals surface area contributed by atoms with Crippen LogP contribution in [0.25, 0.3) is 22.8 Å². The molecule has 0 saturated heterocycles. The fraction of sp³-hybridized carbons (Fsp3) is 0.105. The second-order valence-electron chi connectivity index (χ2n) is 5.77. The summed E-state index contributed by atoms with van der Waals surface area (Å²) in [5.41, 5.74) is 2.94. The third-order valence-corrected chi connectivity index (χ3v) is 4.69. The standard InChI is InChI=1S/C19H15N5O2S/c1-12-6-2-3-7-13(12)18-23-17(26-24-18)11-27-19-21-15(10-16(25)22-19)14-8-4-5-9-20-14/h2-10H,11H2,1H3,(H,21,22,25). The molecule has 0 fully saturated rings. The van der Waals surface area contributed by atoms with E-state index in [4.69, 9.17) is 4.52 Å². The van der Waals surface area contributed by atoms with Crippen molar-refractivity contribution in [3.63, 3.8) is 0 Å². The van der Waals surface area contributed by atoms with Crippen molar-refractivity contribution in [3.05, 3.63) is 76.5 Å². The first-order valence-corrected chi connectivity index (χ1v) is 9.22. The van der Waals surface area contributed by atoms with E-state index in [2.05, 4.69) is 25.1 Å². The maximum Gasteiger partial charge on any atom is 0.252 e. The van der Waals surface area contributed by atoms with Gasteiger partial charge >= 0.3 is 0 Å². The molecule has 0 aliphatic heterocycles. The Morgan fingerprint density at radius 1 is 1.07 bits per heavy atom. The van der Waals surface area contributed by atoms with E-state index in [1.54, 1.807) is 6.20 Å². The van der Waals surface area contributed by atoms with Gasteiger partial charge in [0.2, 0.25) is 11.7 Å². The molecule has 0 aliphatic carbocycles. The molecule has 0 radical (unpaired) electrons. The topological polar surface area (TPSA) is 97.6 Å². The van der Waals surface area contributed by atoms with Crippen LogP contribution in [0.1, 0.15) is 11.5 Å². The fourth-order valence-corrected chi connectivity index (χ4v) is 3.24. The Morgan fingerprint density at radius 3 is 2.74 bits per heavy atom. The van der Waals surface area contributed by atoms with E-state index in [1.807, 2.05) is 49.4 Å². The zero-order valence-electron chi connectivity index (χ0n) is 14.4. The lowest BCUT2D eigenvalue weighted by Gasteiger charge is -2.02. The summed E-state index contributed by atoms with van der Waals surface area (Å²) in [5, 5.41) is 4.51. The molecule has 0 amide bonds. The van der Waals surface area contributed by atoms with Crippen molar-refractivity contribution in [2.75, 3.05) is 0 Å². The Balaban J connectivity index is 1.52. The zero-order chi connectivity index (χ0) is 18.6. The molecule has 7 nitrogen and oxygen atoms in total. The Kier molecular flexibility index (Phi) is 4.80. The van der Waals surface area contributed by atoms with Crippen LogP contribution < -0.4 is 5.56 Å². The van der Waals surface area contributed by atoms with E-state index in [-0.39, 0.29) is 5.56 Å². The lowest BCUT2D eigenvalue weighted by atomic mass is 10.1. The largest absolute Gasteiger partial charge is 0.338 e. The Labute approximate surface area is 158 Å². The molecule has 1 aromatic carbocycles. The van der Waals surface area contributed by atoms with Crippen molar-refractivity contribution in [2.24, 2.45) is 0 Å². The molecule has 1 N–H and O–H groups in total. The number of pyridine rings is 1. The number of benzene rings is 1. The summed E-state index contributed by atoms with van der Waals surface area (Å²) < 4.78 is 5.33. The SMILES string of the molecule is Cc1ccccc1-c1noc(CSc2nc(-c3ccccn3)cc(=O)[nH]2)n1. The van der Waals surface area contributed by atoms with Gasteiger partial charge in [0, 0.05) is 17.8 Å².